The first kappa shape index (κ1) is 13.7. The lowest BCUT2D eigenvalue weighted by Gasteiger charge is -2.04. The topological polar surface area (TPSA) is 96.4 Å². The van der Waals surface area contributed by atoms with Crippen molar-refractivity contribution in [3.05, 3.63) is 47.1 Å². The van der Waals surface area contributed by atoms with Crippen LogP contribution in [0.4, 0.5) is 0 Å². The lowest BCUT2D eigenvalue weighted by Crippen LogP contribution is -2.22. The van der Waals surface area contributed by atoms with Crippen LogP contribution in [-0.2, 0) is 16.6 Å². The summed E-state index contributed by atoms with van der Waals surface area (Å²) in [6, 6.07) is 6.00. The summed E-state index contributed by atoms with van der Waals surface area (Å²) in [6.45, 7) is 0.108. The first-order valence-corrected chi connectivity index (χ1v) is 7.51. The third-order valence-corrected chi connectivity index (χ3v) is 5.21. The molecule has 0 aliphatic rings. The number of sulfonamides is 1. The van der Waals surface area contributed by atoms with E-state index in [1.807, 2.05) is 0 Å². The van der Waals surface area contributed by atoms with E-state index in [0.717, 1.165) is 16.9 Å². The Morgan fingerprint density at radius 1 is 1.37 bits per heavy atom. The molecule has 0 aliphatic heterocycles. The number of aromatic carboxylic acids is 1. The minimum atomic E-state index is -3.69. The fourth-order valence-corrected chi connectivity index (χ4v) is 3.54. The van der Waals surface area contributed by atoms with Gasteiger partial charge in [0.2, 0.25) is 10.0 Å². The van der Waals surface area contributed by atoms with Gasteiger partial charge in [-0.2, -0.15) is 0 Å². The van der Waals surface area contributed by atoms with Gasteiger partial charge in [0.1, 0.15) is 9.09 Å². The van der Waals surface area contributed by atoms with E-state index >= 15 is 0 Å². The number of nitrogens with one attached hydrogen (secondary N) is 1. The van der Waals surface area contributed by atoms with Crippen molar-refractivity contribution < 1.29 is 18.3 Å². The van der Waals surface area contributed by atoms with Crippen molar-refractivity contribution in [2.75, 3.05) is 0 Å². The van der Waals surface area contributed by atoms with Gasteiger partial charge in [0.05, 0.1) is 0 Å². The molecule has 100 valence electrons. The maximum Gasteiger partial charge on any atom is 0.345 e. The van der Waals surface area contributed by atoms with Gasteiger partial charge >= 0.3 is 5.97 Å². The van der Waals surface area contributed by atoms with Gasteiger partial charge in [0, 0.05) is 18.9 Å². The van der Waals surface area contributed by atoms with Crippen LogP contribution in [0, 0.1) is 0 Å². The second-order valence-corrected chi connectivity index (χ2v) is 6.69. The number of aromatic nitrogens is 1. The molecule has 0 saturated heterocycles. The number of nitrogens with zero attached hydrogens (tertiary/aromatic N) is 1. The van der Waals surface area contributed by atoms with E-state index in [9.17, 15) is 13.2 Å². The van der Waals surface area contributed by atoms with Crippen molar-refractivity contribution in [2.45, 2.75) is 10.8 Å². The number of carboxylic acids is 1. The Kier molecular flexibility index (Phi) is 3.93. The molecule has 6 nitrogen and oxygen atoms in total. The molecule has 0 unspecified atom stereocenters. The Labute approximate surface area is 113 Å². The summed E-state index contributed by atoms with van der Waals surface area (Å²) in [5, 5.41) is 8.76. The normalized spacial score (nSPS) is 11.4. The molecule has 0 atom stereocenters. The van der Waals surface area contributed by atoms with E-state index in [1.54, 1.807) is 24.5 Å². The molecule has 8 heteroatoms. The summed E-state index contributed by atoms with van der Waals surface area (Å²) >= 11 is 0.717. The van der Waals surface area contributed by atoms with Crippen molar-refractivity contribution in [2.24, 2.45) is 0 Å². The summed E-state index contributed by atoms with van der Waals surface area (Å²) in [7, 11) is -3.69. The van der Waals surface area contributed by atoms with Crippen LogP contribution in [-0.4, -0.2) is 24.5 Å². The number of thiophene rings is 1. The van der Waals surface area contributed by atoms with Crippen LogP contribution in [0.25, 0.3) is 0 Å². The number of carbonyl (C=O) groups is 1. The van der Waals surface area contributed by atoms with E-state index < -0.39 is 16.0 Å². The van der Waals surface area contributed by atoms with Crippen molar-refractivity contribution in [3.8, 4) is 0 Å². The zero-order chi connectivity index (χ0) is 13.9. The van der Waals surface area contributed by atoms with E-state index in [-0.39, 0.29) is 15.6 Å². The molecule has 0 aromatic carbocycles. The molecule has 2 aromatic heterocycles. The summed E-state index contributed by atoms with van der Waals surface area (Å²) in [5.41, 5.74) is 0.723. The second-order valence-electron chi connectivity index (χ2n) is 3.61. The second kappa shape index (κ2) is 5.47. The minimum Gasteiger partial charge on any atom is -0.477 e. The first-order chi connectivity index (χ1) is 8.99. The Balaban J connectivity index is 2.12. The quantitative estimate of drug-likeness (QED) is 0.867. The largest absolute Gasteiger partial charge is 0.477 e. The van der Waals surface area contributed by atoms with Gasteiger partial charge in [-0.1, -0.05) is 6.07 Å². The lowest BCUT2D eigenvalue weighted by atomic mass is 10.3. The monoisotopic (exact) mass is 298 g/mol. The molecular weight excluding hydrogens is 288 g/mol. The van der Waals surface area contributed by atoms with Gasteiger partial charge in [-0.3, -0.25) is 4.98 Å². The fraction of sp³-hybridized carbons (Fsp3) is 0.0909. The number of hydrogen-bond donors (Lipinski definition) is 2. The van der Waals surface area contributed by atoms with E-state index in [1.165, 1.54) is 12.1 Å². The highest BCUT2D eigenvalue weighted by Gasteiger charge is 2.18. The van der Waals surface area contributed by atoms with Gasteiger partial charge < -0.3 is 5.11 Å². The molecule has 2 N–H and O–H groups in total. The number of rotatable bonds is 5. The molecule has 0 saturated carbocycles. The lowest BCUT2D eigenvalue weighted by molar-refractivity contribution is 0.0702. The maximum atomic E-state index is 11.9. The Morgan fingerprint density at radius 3 is 2.74 bits per heavy atom. The maximum absolute atomic E-state index is 11.9. The van der Waals surface area contributed by atoms with Crippen LogP contribution in [0.15, 0.2) is 40.9 Å². The van der Waals surface area contributed by atoms with Crippen molar-refractivity contribution in [1.82, 2.24) is 9.71 Å². The van der Waals surface area contributed by atoms with Crippen LogP contribution >= 0.6 is 11.3 Å². The molecule has 2 heterocycles. The van der Waals surface area contributed by atoms with Gasteiger partial charge in [-0.25, -0.2) is 17.9 Å². The van der Waals surface area contributed by atoms with Gasteiger partial charge in [0.15, 0.2) is 0 Å². The van der Waals surface area contributed by atoms with Crippen LogP contribution in [0.5, 0.6) is 0 Å². The zero-order valence-electron chi connectivity index (χ0n) is 9.61. The van der Waals surface area contributed by atoms with E-state index in [4.69, 9.17) is 5.11 Å². The highest BCUT2D eigenvalue weighted by molar-refractivity contribution is 7.91. The van der Waals surface area contributed by atoms with Crippen molar-refractivity contribution in [3.63, 3.8) is 0 Å². The van der Waals surface area contributed by atoms with Gasteiger partial charge in [0.25, 0.3) is 0 Å². The molecule has 2 aromatic rings. The van der Waals surface area contributed by atoms with Crippen LogP contribution in [0.2, 0.25) is 0 Å². The van der Waals surface area contributed by atoms with Crippen molar-refractivity contribution in [1.29, 1.82) is 0 Å². The number of hydrogen-bond acceptors (Lipinski definition) is 5. The molecule has 0 radical (unpaired) electrons. The van der Waals surface area contributed by atoms with Crippen LogP contribution in [0.1, 0.15) is 15.2 Å². The van der Waals surface area contributed by atoms with E-state index in [2.05, 4.69) is 9.71 Å². The molecule has 0 bridgehead atoms. The SMILES string of the molecule is O=C(O)c1ccc(S(=O)(=O)NCc2cccnc2)s1. The third kappa shape index (κ3) is 3.37. The van der Waals surface area contributed by atoms with Gasteiger partial charge in [-0.05, 0) is 23.8 Å². The first-order valence-electron chi connectivity index (χ1n) is 5.21. The smallest absolute Gasteiger partial charge is 0.345 e. The zero-order valence-corrected chi connectivity index (χ0v) is 11.2. The minimum absolute atomic E-state index is 0.0123. The number of carboxylic acid groups (broad SMARTS) is 1. The molecule has 0 amide bonds. The Hall–Kier alpha value is -1.77. The number of pyridine rings is 1. The highest BCUT2D eigenvalue weighted by Crippen LogP contribution is 2.21. The molecule has 0 spiro atoms. The molecule has 0 fully saturated rings. The summed E-state index contributed by atoms with van der Waals surface area (Å²) in [4.78, 5) is 14.6. The summed E-state index contributed by atoms with van der Waals surface area (Å²) in [5.74, 6) is -1.14. The molecule has 19 heavy (non-hydrogen) atoms. The predicted molar refractivity (Wildman–Crippen MR) is 69.5 cm³/mol. The summed E-state index contributed by atoms with van der Waals surface area (Å²) in [6.07, 6.45) is 3.15. The van der Waals surface area contributed by atoms with Gasteiger partial charge in [-0.15, -0.1) is 11.3 Å². The Bertz CT molecular complexity index is 680. The van der Waals surface area contributed by atoms with E-state index in [0.29, 0.717) is 0 Å². The Morgan fingerprint density at radius 2 is 2.16 bits per heavy atom. The third-order valence-electron chi connectivity index (χ3n) is 2.25. The summed E-state index contributed by atoms with van der Waals surface area (Å²) < 4.78 is 26.2. The molecule has 2 rings (SSSR count). The highest BCUT2D eigenvalue weighted by atomic mass is 32.2. The molecular formula is C11H10N2O4S2. The fourth-order valence-electron chi connectivity index (χ4n) is 1.33. The van der Waals surface area contributed by atoms with Crippen LogP contribution in [0.3, 0.4) is 0 Å². The average Bonchev–Trinajstić information content (AvgIpc) is 2.88. The average molecular weight is 298 g/mol. The predicted octanol–water partition coefficient (Wildman–Crippen LogP) is 1.32. The molecule has 0 aliphatic carbocycles. The van der Waals surface area contributed by atoms with Crippen LogP contribution < -0.4 is 4.72 Å². The van der Waals surface area contributed by atoms with Crippen molar-refractivity contribution >= 4 is 27.3 Å². The standard InChI is InChI=1S/C11H10N2O4S2/c14-11(15)9-3-4-10(18-9)19(16,17)13-7-8-2-1-5-12-6-8/h1-6,13H,7H2,(H,14,15).